The van der Waals surface area contributed by atoms with Gasteiger partial charge in [-0.05, 0) is 13.8 Å². The third-order valence-corrected chi connectivity index (χ3v) is 3.10. The van der Waals surface area contributed by atoms with Crippen LogP contribution in [0.3, 0.4) is 0 Å². The van der Waals surface area contributed by atoms with Crippen molar-refractivity contribution in [1.29, 1.82) is 0 Å². The van der Waals surface area contributed by atoms with Crippen LogP contribution in [-0.2, 0) is 38.0 Å². The van der Waals surface area contributed by atoms with Crippen LogP contribution in [-0.4, -0.2) is 103 Å². The van der Waals surface area contributed by atoms with Crippen LogP contribution in [0.5, 0.6) is 0 Å². The summed E-state index contributed by atoms with van der Waals surface area (Å²) in [5, 5.41) is 9.11. The molecule has 0 aromatic heterocycles. The second-order valence-corrected chi connectivity index (χ2v) is 5.89. The van der Waals surface area contributed by atoms with Crippen LogP contribution in [0.1, 0.15) is 13.8 Å². The van der Waals surface area contributed by atoms with Crippen molar-refractivity contribution < 1.29 is 43.1 Å². The molecule has 0 rings (SSSR count). The van der Waals surface area contributed by atoms with Gasteiger partial charge in [0.25, 0.3) is 0 Å². The minimum atomic E-state index is -0.467. The molecule has 0 fully saturated rings. The Labute approximate surface area is 167 Å². The van der Waals surface area contributed by atoms with E-state index in [2.05, 4.69) is 6.58 Å². The summed E-state index contributed by atoms with van der Waals surface area (Å²) >= 11 is 0. The zero-order valence-electron chi connectivity index (χ0n) is 17.1. The smallest absolute Gasteiger partial charge is 0.330 e. The maximum Gasteiger partial charge on any atom is 0.330 e. The lowest BCUT2D eigenvalue weighted by molar-refractivity contribution is -0.139. The molecule has 0 bridgehead atoms. The molecule has 0 aromatic carbocycles. The third kappa shape index (κ3) is 21.2. The number of rotatable bonds is 21. The van der Waals surface area contributed by atoms with Crippen molar-refractivity contribution in [2.24, 2.45) is 0 Å². The van der Waals surface area contributed by atoms with Crippen molar-refractivity contribution in [2.45, 2.75) is 26.1 Å². The number of aliphatic hydroxyl groups excluding tert-OH is 1. The van der Waals surface area contributed by atoms with Gasteiger partial charge in [0.2, 0.25) is 0 Å². The summed E-state index contributed by atoms with van der Waals surface area (Å²) in [7, 11) is 0. The Bertz CT molecular complexity index is 363. The van der Waals surface area contributed by atoms with Crippen LogP contribution in [0.4, 0.5) is 0 Å². The molecular weight excluding hydrogens is 372 g/mol. The lowest BCUT2D eigenvalue weighted by atomic mass is 10.4. The molecule has 2 atom stereocenters. The first-order valence-corrected chi connectivity index (χ1v) is 9.53. The van der Waals surface area contributed by atoms with Crippen molar-refractivity contribution in [3.05, 3.63) is 12.7 Å². The van der Waals surface area contributed by atoms with E-state index >= 15 is 0 Å². The van der Waals surface area contributed by atoms with Crippen LogP contribution >= 0.6 is 0 Å². The Morgan fingerprint density at radius 3 is 1.64 bits per heavy atom. The van der Waals surface area contributed by atoms with E-state index in [1.807, 2.05) is 6.92 Å². The molecule has 0 heterocycles. The molecular formula is C19H36O9. The van der Waals surface area contributed by atoms with Crippen molar-refractivity contribution in [3.63, 3.8) is 0 Å². The van der Waals surface area contributed by atoms with Gasteiger partial charge in [-0.3, -0.25) is 0 Å². The largest absolute Gasteiger partial charge is 0.460 e. The van der Waals surface area contributed by atoms with Gasteiger partial charge in [0, 0.05) is 6.08 Å². The van der Waals surface area contributed by atoms with Gasteiger partial charge in [-0.2, -0.15) is 0 Å². The number of hydrogen-bond donors (Lipinski definition) is 1. The van der Waals surface area contributed by atoms with Crippen LogP contribution in [0.2, 0.25) is 0 Å². The number of aliphatic hydroxyl groups is 1. The maximum atomic E-state index is 10.8. The van der Waals surface area contributed by atoms with Gasteiger partial charge in [-0.15, -0.1) is 0 Å². The lowest BCUT2D eigenvalue weighted by Gasteiger charge is -2.14. The molecule has 1 N–H and O–H groups in total. The quantitative estimate of drug-likeness (QED) is 0.166. The van der Waals surface area contributed by atoms with Crippen molar-refractivity contribution in [3.8, 4) is 0 Å². The van der Waals surface area contributed by atoms with E-state index in [1.165, 1.54) is 0 Å². The van der Waals surface area contributed by atoms with Crippen LogP contribution in [0, 0.1) is 0 Å². The second-order valence-electron chi connectivity index (χ2n) is 5.89. The molecule has 0 amide bonds. The Morgan fingerprint density at radius 1 is 0.786 bits per heavy atom. The topological polar surface area (TPSA) is 102 Å². The highest BCUT2D eigenvalue weighted by Gasteiger charge is 2.04. The Kier molecular flexibility index (Phi) is 19.9. The van der Waals surface area contributed by atoms with Gasteiger partial charge < -0.3 is 38.3 Å². The highest BCUT2D eigenvalue weighted by atomic mass is 16.6. The van der Waals surface area contributed by atoms with Crippen molar-refractivity contribution in [2.75, 3.05) is 79.3 Å². The zero-order valence-corrected chi connectivity index (χ0v) is 17.1. The summed E-state index contributed by atoms with van der Waals surface area (Å²) in [6.07, 6.45) is 0.587. The fourth-order valence-corrected chi connectivity index (χ4v) is 1.74. The molecule has 0 aliphatic heterocycles. The van der Waals surface area contributed by atoms with E-state index in [1.54, 1.807) is 6.92 Å². The first kappa shape index (κ1) is 26.9. The predicted molar refractivity (Wildman–Crippen MR) is 102 cm³/mol. The second kappa shape index (κ2) is 20.7. The van der Waals surface area contributed by atoms with E-state index < -0.39 is 12.1 Å². The average molecular weight is 408 g/mol. The molecule has 0 radical (unpaired) electrons. The van der Waals surface area contributed by atoms with Crippen LogP contribution < -0.4 is 0 Å². The molecule has 0 spiro atoms. The molecule has 0 saturated carbocycles. The van der Waals surface area contributed by atoms with Gasteiger partial charge in [0.15, 0.2) is 0 Å². The van der Waals surface area contributed by atoms with E-state index in [9.17, 15) is 4.79 Å². The summed E-state index contributed by atoms with van der Waals surface area (Å²) in [4.78, 5) is 10.8. The number of esters is 1. The molecule has 9 nitrogen and oxygen atoms in total. The lowest BCUT2D eigenvalue weighted by Crippen LogP contribution is -2.22. The highest BCUT2D eigenvalue weighted by molar-refractivity contribution is 5.81. The number of carbonyl (C=O) groups is 1. The van der Waals surface area contributed by atoms with Gasteiger partial charge >= 0.3 is 5.97 Å². The molecule has 0 saturated heterocycles. The Hall–Kier alpha value is -1.07. The number of carbonyl (C=O) groups excluding carboxylic acids is 1. The fourth-order valence-electron chi connectivity index (χ4n) is 1.74. The predicted octanol–water partition coefficient (Wildman–Crippen LogP) is 0.585. The Balaban J connectivity index is 3.12. The first-order valence-electron chi connectivity index (χ1n) is 9.53. The van der Waals surface area contributed by atoms with Crippen LogP contribution in [0.25, 0.3) is 0 Å². The van der Waals surface area contributed by atoms with Crippen molar-refractivity contribution in [1.82, 2.24) is 0 Å². The monoisotopic (exact) mass is 408 g/mol. The summed E-state index contributed by atoms with van der Waals surface area (Å²) < 4.78 is 36.9. The molecule has 0 aromatic rings. The normalized spacial score (nSPS) is 13.2. The molecule has 0 aliphatic rings. The minimum Gasteiger partial charge on any atom is -0.460 e. The van der Waals surface area contributed by atoms with Crippen molar-refractivity contribution >= 4 is 5.97 Å². The third-order valence-electron chi connectivity index (χ3n) is 3.10. The number of ether oxygens (including phenoxy) is 7. The average Bonchev–Trinajstić information content (AvgIpc) is 2.68. The molecule has 28 heavy (non-hydrogen) atoms. The minimum absolute atomic E-state index is 0.0573. The molecule has 2 unspecified atom stereocenters. The molecule has 166 valence electrons. The van der Waals surface area contributed by atoms with Gasteiger partial charge in [0.1, 0.15) is 6.61 Å². The summed E-state index contributed by atoms with van der Waals surface area (Å²) in [5.41, 5.74) is 0. The Morgan fingerprint density at radius 2 is 1.21 bits per heavy atom. The summed E-state index contributed by atoms with van der Waals surface area (Å²) in [5.74, 6) is -0.457. The van der Waals surface area contributed by atoms with E-state index in [0.29, 0.717) is 72.7 Å². The summed E-state index contributed by atoms with van der Waals surface area (Å²) in [6.45, 7) is 12.0. The van der Waals surface area contributed by atoms with Crippen LogP contribution in [0.15, 0.2) is 12.7 Å². The molecule has 0 aliphatic carbocycles. The summed E-state index contributed by atoms with van der Waals surface area (Å²) in [6, 6.07) is 0. The molecule has 9 heteroatoms. The van der Waals surface area contributed by atoms with Gasteiger partial charge in [-0.1, -0.05) is 6.58 Å². The van der Waals surface area contributed by atoms with E-state index in [0.717, 1.165) is 6.08 Å². The van der Waals surface area contributed by atoms with E-state index in [-0.39, 0.29) is 12.7 Å². The highest BCUT2D eigenvalue weighted by Crippen LogP contribution is 1.94. The number of hydrogen-bond acceptors (Lipinski definition) is 9. The fraction of sp³-hybridized carbons (Fsp3) is 0.842. The zero-order chi connectivity index (χ0) is 20.9. The standard InChI is InChI=1S/C19H36O9/c1-4-19(21)27-14-13-25-10-9-23-6-5-22-7-8-24-11-12-26-16-18(3)28-15-17(2)20/h4,17-18,20H,1,5-16H2,2-3H3. The SMILES string of the molecule is C=CC(=O)OCCOCCOCCOCCOCCOCC(C)OCC(C)O. The van der Waals surface area contributed by atoms with E-state index in [4.69, 9.17) is 38.3 Å². The maximum absolute atomic E-state index is 10.8. The van der Waals surface area contributed by atoms with Gasteiger partial charge in [0.05, 0.1) is 84.9 Å². The first-order chi connectivity index (χ1) is 13.6. The van der Waals surface area contributed by atoms with Gasteiger partial charge in [-0.25, -0.2) is 4.79 Å².